The van der Waals surface area contributed by atoms with Crippen LogP contribution in [-0.4, -0.2) is 32.8 Å². The summed E-state index contributed by atoms with van der Waals surface area (Å²) in [6.07, 6.45) is 0. The largest absolute Gasteiger partial charge is 0.490 e. The van der Waals surface area contributed by atoms with Gasteiger partial charge in [-0.15, -0.1) is 10.2 Å². The number of halogens is 2. The van der Waals surface area contributed by atoms with E-state index in [1.54, 1.807) is 24.3 Å². The molecule has 4 aromatic rings. The Kier molecular flexibility index (Phi) is 9.14. The van der Waals surface area contributed by atoms with Crippen molar-refractivity contribution >= 4 is 35.0 Å². The first-order valence-electron chi connectivity index (χ1n) is 11.9. The molecule has 198 valence electrons. The molecule has 0 bridgehead atoms. The zero-order chi connectivity index (χ0) is 27.2. The Hall–Kier alpha value is -3.27. The van der Waals surface area contributed by atoms with Crippen molar-refractivity contribution in [3.63, 3.8) is 0 Å². The van der Waals surface area contributed by atoms with E-state index in [0.717, 1.165) is 16.8 Å². The van der Waals surface area contributed by atoms with Crippen LogP contribution in [0.15, 0.2) is 65.8 Å². The lowest BCUT2D eigenvalue weighted by molar-refractivity contribution is -0.479. The molecule has 0 unspecified atom stereocenters. The summed E-state index contributed by atoms with van der Waals surface area (Å²) in [6, 6.07) is 18.6. The van der Waals surface area contributed by atoms with Gasteiger partial charge < -0.3 is 9.47 Å². The highest BCUT2D eigenvalue weighted by Gasteiger charge is 2.25. The number of nitro groups is 1. The monoisotopic (exact) mass is 572 g/mol. The van der Waals surface area contributed by atoms with Crippen molar-refractivity contribution in [2.24, 2.45) is 0 Å². The van der Waals surface area contributed by atoms with Crippen molar-refractivity contribution in [1.29, 1.82) is 0 Å². The minimum absolute atomic E-state index is 0.252. The Labute approximate surface area is 235 Å². The van der Waals surface area contributed by atoms with Gasteiger partial charge in [0.15, 0.2) is 16.7 Å². The Morgan fingerprint density at radius 3 is 2.53 bits per heavy atom. The van der Waals surface area contributed by atoms with Gasteiger partial charge in [-0.05, 0) is 73.9 Å². The molecule has 1 aromatic heterocycles. The van der Waals surface area contributed by atoms with Crippen LogP contribution in [0.2, 0.25) is 10.0 Å². The van der Waals surface area contributed by atoms with E-state index in [4.69, 9.17) is 32.7 Å². The second-order valence-electron chi connectivity index (χ2n) is 8.50. The van der Waals surface area contributed by atoms with Gasteiger partial charge in [0.1, 0.15) is 17.7 Å². The van der Waals surface area contributed by atoms with Crippen LogP contribution in [0.1, 0.15) is 34.7 Å². The molecule has 0 fully saturated rings. The molecule has 0 saturated carbocycles. The second kappa shape index (κ2) is 12.5. The Balaban J connectivity index is 1.62. The van der Waals surface area contributed by atoms with Gasteiger partial charge in [-0.1, -0.05) is 59.2 Å². The molecular weight excluding hydrogens is 547 g/mol. The van der Waals surface area contributed by atoms with Gasteiger partial charge in [-0.2, -0.15) is 0 Å². The Bertz CT molecular complexity index is 1450. The Morgan fingerprint density at radius 2 is 1.82 bits per heavy atom. The number of aryl methyl sites for hydroxylation is 2. The van der Waals surface area contributed by atoms with Gasteiger partial charge in [0.25, 0.3) is 0 Å². The van der Waals surface area contributed by atoms with Crippen molar-refractivity contribution in [1.82, 2.24) is 14.8 Å². The molecule has 0 aliphatic rings. The number of hydrogen-bond acceptors (Lipinski definition) is 7. The number of aromatic nitrogens is 3. The lowest BCUT2D eigenvalue weighted by Crippen LogP contribution is -2.12. The van der Waals surface area contributed by atoms with E-state index in [-0.39, 0.29) is 18.1 Å². The third-order valence-corrected chi connectivity index (χ3v) is 7.56. The summed E-state index contributed by atoms with van der Waals surface area (Å²) in [4.78, 5) is 11.3. The van der Waals surface area contributed by atoms with E-state index in [2.05, 4.69) is 10.2 Å². The normalized spacial score (nSPS) is 11.8. The van der Waals surface area contributed by atoms with Gasteiger partial charge in [-0.25, -0.2) is 0 Å². The fraction of sp³-hybridized carbons (Fsp3) is 0.259. The quantitative estimate of drug-likeness (QED) is 0.106. The molecule has 11 heteroatoms. The van der Waals surface area contributed by atoms with Crippen molar-refractivity contribution in [3.05, 3.63) is 103 Å². The predicted molar refractivity (Wildman–Crippen MR) is 150 cm³/mol. The minimum atomic E-state index is -0.541. The first-order chi connectivity index (χ1) is 18.2. The van der Waals surface area contributed by atoms with Crippen molar-refractivity contribution in [2.45, 2.75) is 37.8 Å². The van der Waals surface area contributed by atoms with Gasteiger partial charge >= 0.3 is 0 Å². The maximum Gasteiger partial charge on any atom is 0.220 e. The molecule has 0 aliphatic carbocycles. The van der Waals surface area contributed by atoms with E-state index < -0.39 is 5.25 Å². The molecule has 0 saturated heterocycles. The minimum Gasteiger partial charge on any atom is -0.490 e. The van der Waals surface area contributed by atoms with E-state index in [9.17, 15) is 10.1 Å². The summed E-state index contributed by atoms with van der Waals surface area (Å²) >= 11 is 13.4. The van der Waals surface area contributed by atoms with Crippen LogP contribution in [0.3, 0.4) is 0 Å². The lowest BCUT2D eigenvalue weighted by Gasteiger charge is -2.17. The fourth-order valence-electron chi connectivity index (χ4n) is 3.86. The summed E-state index contributed by atoms with van der Waals surface area (Å²) in [5.41, 5.74) is 3.55. The molecule has 4 rings (SSSR count). The summed E-state index contributed by atoms with van der Waals surface area (Å²) in [5, 5.41) is 21.1. The number of benzene rings is 3. The number of ether oxygens (including phenoxy) is 2. The maximum absolute atomic E-state index is 11.6. The maximum atomic E-state index is 11.6. The van der Waals surface area contributed by atoms with Crippen molar-refractivity contribution in [2.75, 3.05) is 13.2 Å². The van der Waals surface area contributed by atoms with Gasteiger partial charge in [0, 0.05) is 10.6 Å². The van der Waals surface area contributed by atoms with Crippen LogP contribution in [0.5, 0.6) is 11.5 Å². The molecule has 1 atom stereocenters. The molecule has 0 spiro atoms. The topological polar surface area (TPSA) is 92.3 Å². The predicted octanol–water partition coefficient (Wildman–Crippen LogP) is 7.28. The summed E-state index contributed by atoms with van der Waals surface area (Å²) in [6.45, 7) is 6.08. The van der Waals surface area contributed by atoms with E-state index in [1.807, 2.05) is 61.7 Å². The molecule has 38 heavy (non-hydrogen) atoms. The standard InChI is InChI=1S/C27H26Cl2N4O4S/c1-4-36-25-14-20(9-11-24(25)37-16-19-8-10-22(28)23(29)13-19)26(15-32(34)35)38-27-31-30-18(3)33(27)21-7-5-6-17(2)12-21/h5-14,26H,4,15-16H2,1-3H3/t26-/m1/s1. The number of rotatable bonds is 11. The van der Waals surface area contributed by atoms with Crippen LogP contribution < -0.4 is 9.47 Å². The lowest BCUT2D eigenvalue weighted by atomic mass is 10.1. The third-order valence-electron chi connectivity index (χ3n) is 5.64. The van der Waals surface area contributed by atoms with Gasteiger partial charge in [0.05, 0.1) is 16.7 Å². The molecule has 8 nitrogen and oxygen atoms in total. The summed E-state index contributed by atoms with van der Waals surface area (Å²) in [5.74, 6) is 1.71. The fourth-order valence-corrected chi connectivity index (χ4v) is 5.34. The number of hydrogen-bond donors (Lipinski definition) is 0. The van der Waals surface area contributed by atoms with Gasteiger partial charge in [0.2, 0.25) is 6.54 Å². The zero-order valence-electron chi connectivity index (χ0n) is 21.1. The highest BCUT2D eigenvalue weighted by atomic mass is 35.5. The summed E-state index contributed by atoms with van der Waals surface area (Å²) in [7, 11) is 0. The smallest absolute Gasteiger partial charge is 0.220 e. The van der Waals surface area contributed by atoms with Crippen LogP contribution in [0.4, 0.5) is 0 Å². The summed E-state index contributed by atoms with van der Waals surface area (Å²) < 4.78 is 13.7. The zero-order valence-corrected chi connectivity index (χ0v) is 23.4. The van der Waals surface area contributed by atoms with Crippen molar-refractivity contribution in [3.8, 4) is 17.2 Å². The van der Waals surface area contributed by atoms with Crippen LogP contribution in [0, 0.1) is 24.0 Å². The SMILES string of the molecule is CCOc1cc([C@@H](C[N+](=O)[O-])Sc2nnc(C)n2-c2cccc(C)c2)ccc1OCc1ccc(Cl)c(Cl)c1. The molecule has 3 aromatic carbocycles. The molecular formula is C27H26Cl2N4O4S. The second-order valence-corrected chi connectivity index (χ2v) is 10.5. The average Bonchev–Trinajstić information content (AvgIpc) is 3.24. The van der Waals surface area contributed by atoms with Crippen LogP contribution in [0.25, 0.3) is 5.69 Å². The Morgan fingerprint density at radius 1 is 1.00 bits per heavy atom. The van der Waals surface area contributed by atoms with Crippen LogP contribution in [-0.2, 0) is 6.61 Å². The molecule has 1 heterocycles. The third kappa shape index (κ3) is 6.78. The molecule has 0 radical (unpaired) electrons. The highest BCUT2D eigenvalue weighted by Crippen LogP contribution is 2.40. The molecule has 0 aliphatic heterocycles. The number of thioether (sulfide) groups is 1. The highest BCUT2D eigenvalue weighted by molar-refractivity contribution is 7.99. The molecule has 0 amide bonds. The first-order valence-corrected chi connectivity index (χ1v) is 13.5. The first kappa shape index (κ1) is 27.8. The molecule has 0 N–H and O–H groups in total. The van der Waals surface area contributed by atoms with E-state index in [1.165, 1.54) is 11.8 Å². The van der Waals surface area contributed by atoms with Crippen molar-refractivity contribution < 1.29 is 14.4 Å². The van der Waals surface area contributed by atoms with E-state index >= 15 is 0 Å². The van der Waals surface area contributed by atoms with Crippen LogP contribution >= 0.6 is 35.0 Å². The average molecular weight is 574 g/mol. The number of nitrogens with zero attached hydrogens (tertiary/aromatic N) is 4. The van der Waals surface area contributed by atoms with Gasteiger partial charge in [-0.3, -0.25) is 14.7 Å². The van der Waals surface area contributed by atoms with E-state index in [0.29, 0.717) is 44.7 Å².